The van der Waals surface area contributed by atoms with Crippen molar-refractivity contribution >= 4 is 11.9 Å². The van der Waals surface area contributed by atoms with Gasteiger partial charge in [0.2, 0.25) is 0 Å². The first-order valence-electron chi connectivity index (χ1n) is 3.69. The van der Waals surface area contributed by atoms with Gasteiger partial charge in [-0.15, -0.1) is 0 Å². The van der Waals surface area contributed by atoms with E-state index >= 15 is 0 Å². The molecule has 0 unspecified atom stereocenters. The first kappa shape index (κ1) is 10.6. The van der Waals surface area contributed by atoms with Gasteiger partial charge in [0, 0.05) is 27.4 Å². The van der Waals surface area contributed by atoms with Crippen molar-refractivity contribution in [2.24, 2.45) is 9.98 Å². The first-order chi connectivity index (χ1) is 5.78. The van der Waals surface area contributed by atoms with Crippen LogP contribution in [0.3, 0.4) is 0 Å². The van der Waals surface area contributed by atoms with Crippen LogP contribution < -0.4 is 5.32 Å². The number of hydrogen-bond donors (Lipinski definition) is 1. The van der Waals surface area contributed by atoms with Gasteiger partial charge in [-0.05, 0) is 12.2 Å². The SMILES string of the molecule is C=CC(/C=C(/C=NC)NC)=NC. The lowest BCUT2D eigenvalue weighted by atomic mass is 10.3. The van der Waals surface area contributed by atoms with E-state index in [1.165, 1.54) is 0 Å². The lowest BCUT2D eigenvalue weighted by molar-refractivity contribution is 1.06. The third-order valence-electron chi connectivity index (χ3n) is 1.33. The fourth-order valence-corrected chi connectivity index (χ4v) is 0.687. The molecular weight excluding hydrogens is 150 g/mol. The van der Waals surface area contributed by atoms with E-state index in [1.54, 1.807) is 26.4 Å². The van der Waals surface area contributed by atoms with Crippen LogP contribution in [0.5, 0.6) is 0 Å². The molecule has 0 heterocycles. The molecule has 1 N–H and O–H groups in total. The molecule has 0 aromatic rings. The number of hydrogen-bond acceptors (Lipinski definition) is 3. The Bertz CT molecular complexity index is 224. The zero-order valence-electron chi connectivity index (χ0n) is 7.83. The second-order valence-electron chi connectivity index (χ2n) is 2.09. The molecule has 0 bridgehead atoms. The summed E-state index contributed by atoms with van der Waals surface area (Å²) in [5.74, 6) is 0. The molecule has 0 radical (unpaired) electrons. The molecule has 3 nitrogen and oxygen atoms in total. The van der Waals surface area contributed by atoms with E-state index in [1.807, 2.05) is 13.1 Å². The molecule has 0 aromatic carbocycles. The molecule has 12 heavy (non-hydrogen) atoms. The zero-order valence-corrected chi connectivity index (χ0v) is 7.83. The minimum absolute atomic E-state index is 0.833. The van der Waals surface area contributed by atoms with Crippen molar-refractivity contribution in [3.63, 3.8) is 0 Å². The van der Waals surface area contributed by atoms with Gasteiger partial charge in [0.05, 0.1) is 11.4 Å². The molecule has 0 spiro atoms. The van der Waals surface area contributed by atoms with Gasteiger partial charge >= 0.3 is 0 Å². The predicted molar refractivity (Wildman–Crippen MR) is 55.1 cm³/mol. The number of nitrogens with one attached hydrogen (secondary N) is 1. The third kappa shape index (κ3) is 3.71. The number of rotatable bonds is 4. The summed E-state index contributed by atoms with van der Waals surface area (Å²) < 4.78 is 0. The van der Waals surface area contributed by atoms with E-state index < -0.39 is 0 Å². The summed E-state index contributed by atoms with van der Waals surface area (Å²) in [6, 6.07) is 0. The predicted octanol–water partition coefficient (Wildman–Crippen LogP) is 1.05. The summed E-state index contributed by atoms with van der Waals surface area (Å²) in [5.41, 5.74) is 1.75. The molecule has 0 saturated heterocycles. The minimum Gasteiger partial charge on any atom is -0.387 e. The topological polar surface area (TPSA) is 36.8 Å². The Labute approximate surface area is 73.6 Å². The Morgan fingerprint density at radius 3 is 2.42 bits per heavy atom. The lowest BCUT2D eigenvalue weighted by Gasteiger charge is -1.98. The van der Waals surface area contributed by atoms with E-state index in [-0.39, 0.29) is 0 Å². The van der Waals surface area contributed by atoms with Crippen LogP contribution in [0.15, 0.2) is 34.4 Å². The molecule has 0 aliphatic carbocycles. The number of allylic oxidation sites excluding steroid dienone is 3. The van der Waals surface area contributed by atoms with Crippen LogP contribution in [0.1, 0.15) is 0 Å². The standard InChI is InChI=1S/C9H15N3/c1-5-8(11-3)6-9(12-4)7-10-2/h5-7,12H,1H2,2-4H3/b9-6-,10-7?,11-8?. The fourth-order valence-electron chi connectivity index (χ4n) is 0.687. The number of nitrogens with zero attached hydrogens (tertiary/aromatic N) is 2. The monoisotopic (exact) mass is 165 g/mol. The highest BCUT2D eigenvalue weighted by atomic mass is 14.9. The summed E-state index contributed by atoms with van der Waals surface area (Å²) in [7, 11) is 5.29. The molecular formula is C9H15N3. The van der Waals surface area contributed by atoms with Crippen molar-refractivity contribution in [2.45, 2.75) is 0 Å². The van der Waals surface area contributed by atoms with Crippen molar-refractivity contribution in [3.8, 4) is 0 Å². The van der Waals surface area contributed by atoms with E-state index in [0.717, 1.165) is 11.4 Å². The Balaban J connectivity index is 4.57. The third-order valence-corrected chi connectivity index (χ3v) is 1.33. The van der Waals surface area contributed by atoms with Crippen LogP contribution in [0.2, 0.25) is 0 Å². The lowest BCUT2D eigenvalue weighted by Crippen LogP contribution is -2.08. The van der Waals surface area contributed by atoms with Crippen molar-refractivity contribution in [2.75, 3.05) is 21.1 Å². The molecule has 0 atom stereocenters. The Kier molecular flexibility index (Phi) is 5.61. The largest absolute Gasteiger partial charge is 0.387 e. The van der Waals surface area contributed by atoms with E-state index in [2.05, 4.69) is 21.9 Å². The van der Waals surface area contributed by atoms with Gasteiger partial charge in [0.15, 0.2) is 0 Å². The first-order valence-corrected chi connectivity index (χ1v) is 3.69. The summed E-state index contributed by atoms with van der Waals surface area (Å²) in [6.45, 7) is 3.63. The highest BCUT2D eigenvalue weighted by Crippen LogP contribution is 1.88. The van der Waals surface area contributed by atoms with Gasteiger partial charge in [-0.25, -0.2) is 0 Å². The summed E-state index contributed by atoms with van der Waals surface area (Å²) in [5, 5.41) is 2.99. The second kappa shape index (κ2) is 6.34. The Morgan fingerprint density at radius 2 is 2.08 bits per heavy atom. The van der Waals surface area contributed by atoms with Gasteiger partial charge in [-0.2, -0.15) is 0 Å². The molecule has 0 amide bonds. The highest BCUT2D eigenvalue weighted by Gasteiger charge is 1.89. The van der Waals surface area contributed by atoms with Crippen LogP contribution in [0.25, 0.3) is 0 Å². The minimum atomic E-state index is 0.833. The maximum atomic E-state index is 4.00. The van der Waals surface area contributed by atoms with Gasteiger partial charge in [0.1, 0.15) is 0 Å². The van der Waals surface area contributed by atoms with Crippen molar-refractivity contribution < 1.29 is 0 Å². The molecule has 0 rings (SSSR count). The van der Waals surface area contributed by atoms with Crippen LogP contribution in [-0.2, 0) is 0 Å². The number of aliphatic imine (C=N–C) groups is 2. The van der Waals surface area contributed by atoms with Crippen LogP contribution in [0.4, 0.5) is 0 Å². The van der Waals surface area contributed by atoms with Crippen molar-refractivity contribution in [3.05, 3.63) is 24.4 Å². The van der Waals surface area contributed by atoms with E-state index in [4.69, 9.17) is 0 Å². The van der Waals surface area contributed by atoms with Crippen molar-refractivity contribution in [1.29, 1.82) is 0 Å². The average molecular weight is 165 g/mol. The second-order valence-corrected chi connectivity index (χ2v) is 2.09. The fraction of sp³-hybridized carbons (Fsp3) is 0.333. The molecule has 0 saturated carbocycles. The van der Waals surface area contributed by atoms with Crippen molar-refractivity contribution in [1.82, 2.24) is 5.32 Å². The summed E-state index contributed by atoms with van der Waals surface area (Å²) in [4.78, 5) is 7.88. The van der Waals surface area contributed by atoms with E-state index in [0.29, 0.717) is 0 Å². The van der Waals surface area contributed by atoms with Gasteiger partial charge in [-0.3, -0.25) is 9.98 Å². The van der Waals surface area contributed by atoms with E-state index in [9.17, 15) is 0 Å². The molecule has 0 fully saturated rings. The quantitative estimate of drug-likeness (QED) is 0.621. The van der Waals surface area contributed by atoms with Crippen LogP contribution >= 0.6 is 0 Å². The summed E-state index contributed by atoms with van der Waals surface area (Å²) in [6.07, 6.45) is 5.30. The highest BCUT2D eigenvalue weighted by molar-refractivity contribution is 6.06. The van der Waals surface area contributed by atoms with Crippen LogP contribution in [0, 0.1) is 0 Å². The molecule has 0 aromatic heterocycles. The maximum absolute atomic E-state index is 4.00. The Hall–Kier alpha value is -1.38. The zero-order chi connectivity index (χ0) is 9.40. The Morgan fingerprint density at radius 1 is 1.42 bits per heavy atom. The average Bonchev–Trinajstić information content (AvgIpc) is 2.12. The van der Waals surface area contributed by atoms with Gasteiger partial charge in [-0.1, -0.05) is 6.58 Å². The molecule has 0 aliphatic rings. The normalized spacial score (nSPS) is 13.6. The molecule has 3 heteroatoms. The maximum Gasteiger partial charge on any atom is 0.0586 e. The smallest absolute Gasteiger partial charge is 0.0586 e. The molecule has 0 aliphatic heterocycles. The van der Waals surface area contributed by atoms with Gasteiger partial charge in [0.25, 0.3) is 0 Å². The van der Waals surface area contributed by atoms with Crippen LogP contribution in [-0.4, -0.2) is 33.1 Å². The summed E-state index contributed by atoms with van der Waals surface area (Å²) >= 11 is 0. The van der Waals surface area contributed by atoms with Gasteiger partial charge < -0.3 is 5.32 Å². The molecule has 66 valence electrons.